The highest BCUT2D eigenvalue weighted by molar-refractivity contribution is 7.82. The molecular formula is C17H17N3O5S. The Morgan fingerprint density at radius 2 is 2.08 bits per heavy atom. The predicted octanol–water partition coefficient (Wildman–Crippen LogP) is 1.36. The number of methoxy groups -OCH3 is 1. The molecular weight excluding hydrogens is 358 g/mol. The number of anilines is 1. The SMILES string of the molecule is COC(=O)C1=C(C)NC2=C(C(=O)OC2)C1c1ccccc1N(S)C(N)=O. The van der Waals surface area contributed by atoms with Crippen molar-refractivity contribution < 1.29 is 23.9 Å². The summed E-state index contributed by atoms with van der Waals surface area (Å²) in [6, 6.07) is 5.96. The van der Waals surface area contributed by atoms with E-state index >= 15 is 0 Å². The molecule has 8 nitrogen and oxygen atoms in total. The van der Waals surface area contributed by atoms with Crippen LogP contribution >= 0.6 is 12.8 Å². The van der Waals surface area contributed by atoms with E-state index in [0.29, 0.717) is 28.2 Å². The fourth-order valence-electron chi connectivity index (χ4n) is 3.20. The number of carbonyl (C=O) groups is 3. The molecule has 2 amide bonds. The van der Waals surface area contributed by atoms with Crippen molar-refractivity contribution in [3.63, 3.8) is 0 Å². The van der Waals surface area contributed by atoms with Crippen molar-refractivity contribution in [1.82, 2.24) is 5.32 Å². The minimum Gasteiger partial charge on any atom is -0.466 e. The number of para-hydroxylation sites is 1. The van der Waals surface area contributed by atoms with Gasteiger partial charge in [-0.05, 0) is 18.6 Å². The maximum Gasteiger partial charge on any atom is 0.337 e. The average molecular weight is 375 g/mol. The Balaban J connectivity index is 2.25. The second-order valence-electron chi connectivity index (χ2n) is 5.77. The molecule has 3 N–H and O–H groups in total. The van der Waals surface area contributed by atoms with Gasteiger partial charge in [-0.25, -0.2) is 18.7 Å². The van der Waals surface area contributed by atoms with Crippen LogP contribution in [0.3, 0.4) is 0 Å². The van der Waals surface area contributed by atoms with Gasteiger partial charge in [-0.1, -0.05) is 31.0 Å². The Bertz CT molecular complexity index is 877. The van der Waals surface area contributed by atoms with Crippen molar-refractivity contribution in [2.24, 2.45) is 5.73 Å². The predicted molar refractivity (Wildman–Crippen MR) is 96.1 cm³/mol. The first-order valence-electron chi connectivity index (χ1n) is 7.70. The van der Waals surface area contributed by atoms with Crippen molar-refractivity contribution >= 4 is 36.5 Å². The Morgan fingerprint density at radius 1 is 1.38 bits per heavy atom. The lowest BCUT2D eigenvalue weighted by molar-refractivity contribution is -0.136. The number of dihydropyridines is 1. The Hall–Kier alpha value is -2.94. The van der Waals surface area contributed by atoms with E-state index in [1.165, 1.54) is 7.11 Å². The number of ether oxygens (including phenoxy) is 2. The number of allylic oxidation sites excluding steroid dienone is 1. The first-order valence-corrected chi connectivity index (χ1v) is 8.10. The average Bonchev–Trinajstić information content (AvgIpc) is 2.99. The van der Waals surface area contributed by atoms with Gasteiger partial charge in [-0.15, -0.1) is 0 Å². The summed E-state index contributed by atoms with van der Waals surface area (Å²) in [6.45, 7) is 1.79. The van der Waals surface area contributed by atoms with Gasteiger partial charge in [0.15, 0.2) is 0 Å². The number of urea groups is 1. The second kappa shape index (κ2) is 6.75. The van der Waals surface area contributed by atoms with Crippen LogP contribution < -0.4 is 15.4 Å². The van der Waals surface area contributed by atoms with Gasteiger partial charge in [0, 0.05) is 5.70 Å². The fraction of sp³-hybridized carbons (Fsp3) is 0.235. The van der Waals surface area contributed by atoms with Crippen LogP contribution in [-0.4, -0.2) is 31.7 Å². The van der Waals surface area contributed by atoms with Crippen LogP contribution in [0, 0.1) is 0 Å². The molecule has 0 bridgehead atoms. The minimum absolute atomic E-state index is 0.0824. The summed E-state index contributed by atoms with van der Waals surface area (Å²) < 4.78 is 11.0. The molecule has 0 saturated carbocycles. The number of rotatable bonds is 3. The van der Waals surface area contributed by atoms with E-state index in [-0.39, 0.29) is 12.2 Å². The van der Waals surface area contributed by atoms with E-state index < -0.39 is 23.9 Å². The third-order valence-electron chi connectivity index (χ3n) is 4.30. The van der Waals surface area contributed by atoms with Crippen LogP contribution in [0.4, 0.5) is 10.5 Å². The normalized spacial score (nSPS) is 18.9. The number of benzene rings is 1. The van der Waals surface area contributed by atoms with Crippen LogP contribution in [0.5, 0.6) is 0 Å². The molecule has 0 aromatic heterocycles. The number of cyclic esters (lactones) is 1. The lowest BCUT2D eigenvalue weighted by atomic mass is 9.80. The van der Waals surface area contributed by atoms with Gasteiger partial charge in [-0.2, -0.15) is 0 Å². The van der Waals surface area contributed by atoms with E-state index in [9.17, 15) is 14.4 Å². The smallest absolute Gasteiger partial charge is 0.337 e. The van der Waals surface area contributed by atoms with E-state index in [1.807, 2.05) is 0 Å². The third-order valence-corrected chi connectivity index (χ3v) is 4.71. The standard InChI is InChI=1S/C17H17N3O5S/c1-8-12(15(21)24-2)13(14-10(19-8)7-25-16(14)22)9-5-3-4-6-11(9)20(26)17(18)23/h3-6,13,19,26H,7H2,1-2H3,(H2,18,23). The first-order chi connectivity index (χ1) is 12.4. The van der Waals surface area contributed by atoms with Crippen molar-refractivity contribution in [2.75, 3.05) is 18.0 Å². The number of amides is 2. The molecule has 2 aliphatic rings. The molecule has 1 unspecified atom stereocenters. The molecule has 9 heteroatoms. The van der Waals surface area contributed by atoms with Crippen molar-refractivity contribution in [1.29, 1.82) is 0 Å². The summed E-state index contributed by atoms with van der Waals surface area (Å²) >= 11 is 4.13. The van der Waals surface area contributed by atoms with Gasteiger partial charge >= 0.3 is 18.0 Å². The van der Waals surface area contributed by atoms with E-state index in [0.717, 1.165) is 4.31 Å². The molecule has 26 heavy (non-hydrogen) atoms. The lowest BCUT2D eigenvalue weighted by Gasteiger charge is -2.29. The van der Waals surface area contributed by atoms with Crippen molar-refractivity contribution in [3.05, 3.63) is 52.4 Å². The molecule has 136 valence electrons. The number of nitrogens with two attached hydrogens (primary N) is 1. The largest absolute Gasteiger partial charge is 0.466 e. The summed E-state index contributed by atoms with van der Waals surface area (Å²) in [6.07, 6.45) is 0. The number of nitrogens with one attached hydrogen (secondary N) is 1. The van der Waals surface area contributed by atoms with Crippen LogP contribution in [0.25, 0.3) is 0 Å². The van der Waals surface area contributed by atoms with Gasteiger partial charge in [0.2, 0.25) is 0 Å². The molecule has 0 spiro atoms. The number of esters is 2. The van der Waals surface area contributed by atoms with Crippen LogP contribution in [-0.2, 0) is 19.1 Å². The van der Waals surface area contributed by atoms with Gasteiger partial charge < -0.3 is 20.5 Å². The van der Waals surface area contributed by atoms with E-state index in [2.05, 4.69) is 18.1 Å². The molecule has 3 rings (SSSR count). The molecule has 0 fully saturated rings. The fourth-order valence-corrected chi connectivity index (χ4v) is 3.38. The first kappa shape index (κ1) is 17.9. The Labute approximate surface area is 155 Å². The highest BCUT2D eigenvalue weighted by Crippen LogP contribution is 2.44. The number of hydrogen-bond donors (Lipinski definition) is 3. The number of thiol groups is 1. The summed E-state index contributed by atoms with van der Waals surface area (Å²) in [5.74, 6) is -1.91. The maximum absolute atomic E-state index is 12.5. The van der Waals surface area contributed by atoms with Crippen LogP contribution in [0.15, 0.2) is 46.8 Å². The molecule has 0 saturated heterocycles. The van der Waals surface area contributed by atoms with Crippen molar-refractivity contribution in [2.45, 2.75) is 12.8 Å². The maximum atomic E-state index is 12.5. The molecule has 1 aromatic carbocycles. The van der Waals surface area contributed by atoms with E-state index in [1.54, 1.807) is 31.2 Å². The van der Waals surface area contributed by atoms with Crippen LogP contribution in [0.2, 0.25) is 0 Å². The number of nitrogens with zero attached hydrogens (tertiary/aromatic N) is 1. The molecule has 1 atom stereocenters. The zero-order chi connectivity index (χ0) is 19.0. The van der Waals surface area contributed by atoms with Crippen LogP contribution in [0.1, 0.15) is 18.4 Å². The summed E-state index contributed by atoms with van der Waals surface area (Å²) in [7, 11) is 1.26. The molecule has 2 aliphatic heterocycles. The molecule has 0 aliphatic carbocycles. The van der Waals surface area contributed by atoms with E-state index in [4.69, 9.17) is 15.2 Å². The zero-order valence-electron chi connectivity index (χ0n) is 14.1. The molecule has 1 aromatic rings. The third kappa shape index (κ3) is 2.80. The molecule has 2 heterocycles. The van der Waals surface area contributed by atoms with Gasteiger partial charge in [0.25, 0.3) is 0 Å². The summed E-state index contributed by atoms with van der Waals surface area (Å²) in [5, 5.41) is 3.03. The summed E-state index contributed by atoms with van der Waals surface area (Å²) in [5.41, 5.74) is 7.87. The number of carbonyl (C=O) groups excluding carboxylic acids is 3. The second-order valence-corrected chi connectivity index (χ2v) is 6.17. The highest BCUT2D eigenvalue weighted by Gasteiger charge is 2.43. The monoisotopic (exact) mass is 375 g/mol. The Kier molecular flexibility index (Phi) is 4.64. The Morgan fingerprint density at radius 3 is 2.73 bits per heavy atom. The topological polar surface area (TPSA) is 111 Å². The van der Waals surface area contributed by atoms with Gasteiger partial charge in [0.05, 0.1) is 35.6 Å². The summed E-state index contributed by atoms with van der Waals surface area (Å²) in [4.78, 5) is 36.4. The highest BCUT2D eigenvalue weighted by atomic mass is 32.1. The number of hydrogen-bond acceptors (Lipinski definition) is 7. The minimum atomic E-state index is -0.793. The van der Waals surface area contributed by atoms with Gasteiger partial charge in [0.1, 0.15) is 6.61 Å². The molecule has 0 radical (unpaired) electrons. The zero-order valence-corrected chi connectivity index (χ0v) is 15.0. The lowest BCUT2D eigenvalue weighted by Crippen LogP contribution is -2.32. The van der Waals surface area contributed by atoms with Gasteiger partial charge in [-0.3, -0.25) is 0 Å². The number of primary amides is 1. The quantitative estimate of drug-likeness (QED) is 0.543. The van der Waals surface area contributed by atoms with Crippen molar-refractivity contribution in [3.8, 4) is 0 Å².